The summed E-state index contributed by atoms with van der Waals surface area (Å²) in [5.74, 6) is 11.3. The van der Waals surface area contributed by atoms with E-state index in [1.165, 1.54) is 42.3 Å². The van der Waals surface area contributed by atoms with Crippen molar-refractivity contribution in [2.24, 2.45) is 16.8 Å². The van der Waals surface area contributed by atoms with Crippen LogP contribution in [-0.2, 0) is 6.42 Å². The van der Waals surface area contributed by atoms with Gasteiger partial charge >= 0.3 is 0 Å². The van der Waals surface area contributed by atoms with E-state index in [1.807, 2.05) is 41.2 Å². The molecule has 0 radical (unpaired) electrons. The third-order valence-electron chi connectivity index (χ3n) is 6.38. The molecule has 32 heavy (non-hydrogen) atoms. The highest BCUT2D eigenvalue weighted by Gasteiger charge is 2.22. The Morgan fingerprint density at radius 2 is 1.91 bits per heavy atom. The van der Waals surface area contributed by atoms with Gasteiger partial charge in [-0.2, -0.15) is 15.3 Å². The Morgan fingerprint density at radius 3 is 2.59 bits per heavy atom. The molecule has 1 saturated carbocycles. The maximum absolute atomic E-state index is 5.48. The lowest BCUT2D eigenvalue weighted by Gasteiger charge is -2.13. The number of hydrazone groups is 1. The number of nitrogens with two attached hydrogens (primary N) is 2. The molecule has 1 aliphatic rings. The standard InChI is InChI=1S/C24H28N8/c1-2-21-20-12-9-17(15-23(20)32(30-21)18-5-3-4-6-18)22-13-14-27-31(22)19-10-7-16(8-11-19)24(28-25)29-26/h7-15,18H,2-6,25-26H2,1H3,(H,28,29). The zero-order chi connectivity index (χ0) is 22.1. The zero-order valence-corrected chi connectivity index (χ0v) is 18.2. The fourth-order valence-electron chi connectivity index (χ4n) is 4.73. The fourth-order valence-corrected chi connectivity index (χ4v) is 4.73. The van der Waals surface area contributed by atoms with Crippen LogP contribution in [0.4, 0.5) is 0 Å². The molecular weight excluding hydrogens is 400 g/mol. The van der Waals surface area contributed by atoms with Crippen LogP contribution in [0.25, 0.3) is 27.8 Å². The Hall–Kier alpha value is -3.65. The lowest BCUT2D eigenvalue weighted by Crippen LogP contribution is -2.32. The molecule has 1 fully saturated rings. The number of fused-ring (bicyclic) bond motifs is 1. The van der Waals surface area contributed by atoms with Gasteiger partial charge in [-0.05, 0) is 55.7 Å². The van der Waals surface area contributed by atoms with E-state index >= 15 is 0 Å². The quantitative estimate of drug-likeness (QED) is 0.194. The van der Waals surface area contributed by atoms with Crippen molar-refractivity contribution in [2.45, 2.75) is 45.1 Å². The molecule has 164 valence electrons. The number of aromatic nitrogens is 4. The predicted molar refractivity (Wildman–Crippen MR) is 127 cm³/mol. The van der Waals surface area contributed by atoms with Crippen LogP contribution in [0.1, 0.15) is 49.9 Å². The van der Waals surface area contributed by atoms with Gasteiger partial charge in [-0.15, -0.1) is 0 Å². The van der Waals surface area contributed by atoms with E-state index in [1.54, 1.807) is 0 Å². The number of rotatable bonds is 5. The molecule has 5 N–H and O–H groups in total. The molecule has 0 spiro atoms. The van der Waals surface area contributed by atoms with Gasteiger partial charge in [-0.3, -0.25) is 4.68 Å². The Balaban J connectivity index is 1.56. The van der Waals surface area contributed by atoms with Crippen molar-refractivity contribution in [2.75, 3.05) is 0 Å². The first kappa shape index (κ1) is 20.3. The largest absolute Gasteiger partial charge is 0.321 e. The molecule has 8 nitrogen and oxygen atoms in total. The van der Waals surface area contributed by atoms with Gasteiger partial charge < -0.3 is 11.3 Å². The summed E-state index contributed by atoms with van der Waals surface area (Å²) in [5.41, 5.74) is 8.80. The number of nitrogens with zero attached hydrogens (tertiary/aromatic N) is 5. The summed E-state index contributed by atoms with van der Waals surface area (Å²) in [6.07, 6.45) is 7.75. The topological polar surface area (TPSA) is 112 Å². The highest BCUT2D eigenvalue weighted by molar-refractivity contribution is 5.98. The van der Waals surface area contributed by atoms with Gasteiger partial charge in [-0.25, -0.2) is 10.5 Å². The van der Waals surface area contributed by atoms with Gasteiger partial charge in [0.1, 0.15) is 0 Å². The predicted octanol–water partition coefficient (Wildman–Crippen LogP) is 3.65. The van der Waals surface area contributed by atoms with Gasteiger partial charge in [-0.1, -0.05) is 31.9 Å². The summed E-state index contributed by atoms with van der Waals surface area (Å²) < 4.78 is 4.21. The Kier molecular flexibility index (Phi) is 5.36. The first-order valence-corrected chi connectivity index (χ1v) is 11.1. The number of hydrogen-bond donors (Lipinski definition) is 3. The van der Waals surface area contributed by atoms with Gasteiger partial charge in [0.05, 0.1) is 34.8 Å². The molecule has 2 aromatic carbocycles. The van der Waals surface area contributed by atoms with Crippen molar-refractivity contribution in [3.05, 3.63) is 66.0 Å². The van der Waals surface area contributed by atoms with Crippen molar-refractivity contribution >= 4 is 16.7 Å². The maximum Gasteiger partial charge on any atom is 0.166 e. The molecule has 4 aromatic rings. The van der Waals surface area contributed by atoms with Crippen LogP contribution in [0.2, 0.25) is 0 Å². The zero-order valence-electron chi connectivity index (χ0n) is 18.2. The molecule has 0 saturated heterocycles. The molecule has 0 atom stereocenters. The molecule has 1 aliphatic carbocycles. The monoisotopic (exact) mass is 428 g/mol. The molecule has 5 rings (SSSR count). The van der Waals surface area contributed by atoms with Crippen molar-refractivity contribution in [3.63, 3.8) is 0 Å². The minimum absolute atomic E-state index is 0.426. The summed E-state index contributed by atoms with van der Waals surface area (Å²) in [5, 5.41) is 14.5. The normalized spacial score (nSPS) is 15.0. The van der Waals surface area contributed by atoms with E-state index in [9.17, 15) is 0 Å². The Labute approximate surface area is 186 Å². The molecule has 0 bridgehead atoms. The smallest absolute Gasteiger partial charge is 0.166 e. The molecule has 2 heterocycles. The summed E-state index contributed by atoms with van der Waals surface area (Å²) in [7, 11) is 0. The molecule has 0 aliphatic heterocycles. The van der Waals surface area contributed by atoms with Crippen LogP contribution in [0.3, 0.4) is 0 Å². The average molecular weight is 429 g/mol. The minimum atomic E-state index is 0.426. The van der Waals surface area contributed by atoms with Crippen LogP contribution >= 0.6 is 0 Å². The van der Waals surface area contributed by atoms with Crippen LogP contribution < -0.4 is 17.1 Å². The number of amidine groups is 1. The van der Waals surface area contributed by atoms with Gasteiger partial charge in [0, 0.05) is 16.5 Å². The van der Waals surface area contributed by atoms with Crippen LogP contribution in [0.15, 0.2) is 59.8 Å². The highest BCUT2D eigenvalue weighted by Crippen LogP contribution is 2.35. The number of aryl methyl sites for hydroxylation is 1. The number of hydrogen-bond acceptors (Lipinski definition) is 5. The first-order valence-electron chi connectivity index (χ1n) is 11.1. The second-order valence-electron chi connectivity index (χ2n) is 8.21. The summed E-state index contributed by atoms with van der Waals surface area (Å²) in [6, 6.07) is 17.0. The summed E-state index contributed by atoms with van der Waals surface area (Å²) in [4.78, 5) is 0. The number of nitrogens with one attached hydrogen (secondary N) is 1. The van der Waals surface area contributed by atoms with Crippen LogP contribution in [0.5, 0.6) is 0 Å². The van der Waals surface area contributed by atoms with Crippen molar-refractivity contribution < 1.29 is 0 Å². The van der Waals surface area contributed by atoms with Crippen LogP contribution in [0, 0.1) is 0 Å². The summed E-state index contributed by atoms with van der Waals surface area (Å²) >= 11 is 0. The van der Waals surface area contributed by atoms with E-state index in [0.29, 0.717) is 11.9 Å². The number of benzene rings is 2. The van der Waals surface area contributed by atoms with E-state index in [0.717, 1.165) is 28.9 Å². The third-order valence-corrected chi connectivity index (χ3v) is 6.38. The molecule has 0 unspecified atom stereocenters. The summed E-state index contributed by atoms with van der Waals surface area (Å²) in [6.45, 7) is 2.17. The fraction of sp³-hybridized carbons (Fsp3) is 0.292. The van der Waals surface area contributed by atoms with Gasteiger partial charge in [0.2, 0.25) is 0 Å². The molecule has 0 amide bonds. The van der Waals surface area contributed by atoms with E-state index < -0.39 is 0 Å². The molecule has 8 heteroatoms. The van der Waals surface area contributed by atoms with Crippen LogP contribution in [-0.4, -0.2) is 25.4 Å². The third kappa shape index (κ3) is 3.42. The molecule has 2 aromatic heterocycles. The SMILES string of the molecule is CCc1nn(C2CCCC2)c2cc(-c3ccnn3-c3ccc(/C(=N/N)NN)cc3)ccc12. The van der Waals surface area contributed by atoms with Gasteiger partial charge in [0.15, 0.2) is 5.84 Å². The lowest BCUT2D eigenvalue weighted by atomic mass is 10.1. The molecular formula is C24H28N8. The van der Waals surface area contributed by atoms with Crippen molar-refractivity contribution in [1.82, 2.24) is 25.0 Å². The van der Waals surface area contributed by atoms with E-state index in [4.69, 9.17) is 16.8 Å². The first-order chi connectivity index (χ1) is 15.7. The van der Waals surface area contributed by atoms with Gasteiger partial charge in [0.25, 0.3) is 0 Å². The highest BCUT2D eigenvalue weighted by atomic mass is 15.3. The minimum Gasteiger partial charge on any atom is -0.321 e. The Bertz CT molecular complexity index is 1260. The maximum atomic E-state index is 5.48. The lowest BCUT2D eigenvalue weighted by molar-refractivity contribution is 0.478. The second-order valence-corrected chi connectivity index (χ2v) is 8.21. The average Bonchev–Trinajstić information content (AvgIpc) is 3.59. The Morgan fingerprint density at radius 1 is 1.12 bits per heavy atom. The van der Waals surface area contributed by atoms with E-state index in [-0.39, 0.29) is 0 Å². The number of hydrazine groups is 1. The van der Waals surface area contributed by atoms with E-state index in [2.05, 4.69) is 45.4 Å². The van der Waals surface area contributed by atoms with Crippen molar-refractivity contribution in [3.8, 4) is 16.9 Å². The van der Waals surface area contributed by atoms with Crippen molar-refractivity contribution in [1.29, 1.82) is 0 Å². The second kappa shape index (κ2) is 8.47.